The Morgan fingerprint density at radius 1 is 0.710 bits per heavy atom. The third kappa shape index (κ3) is 4.59. The predicted molar refractivity (Wildman–Crippen MR) is 113 cm³/mol. The molecular weight excluding hydrogens is 565 g/mol. The summed E-state index contributed by atoms with van der Waals surface area (Å²) in [4.78, 5) is 27.8. The molecule has 4 unspecified atom stereocenters. The van der Waals surface area contributed by atoms with Crippen molar-refractivity contribution in [3.05, 3.63) is 0 Å². The maximum Gasteiger partial charge on any atom is 0.442 e. The topological polar surface area (TPSA) is 99.7 Å². The van der Waals surface area contributed by atoms with E-state index in [2.05, 4.69) is 0 Å². The van der Waals surface area contributed by atoms with Crippen molar-refractivity contribution in [3.63, 3.8) is 0 Å². The molecule has 4 atom stereocenters. The minimum absolute atomic E-state index is 0.122. The van der Waals surface area contributed by atoms with Gasteiger partial charge in [-0.2, -0.15) is 18.5 Å². The number of piperidine rings is 2. The van der Waals surface area contributed by atoms with Crippen molar-refractivity contribution in [1.29, 1.82) is 0 Å². The van der Waals surface area contributed by atoms with E-state index in [0.29, 0.717) is 35.8 Å². The number of alkyl halides is 6. The molecule has 0 N–H and O–H groups in total. The summed E-state index contributed by atoms with van der Waals surface area (Å²) in [6, 6.07) is -4.19. The number of nitrogens with zero attached hydrogens (tertiary/aromatic N) is 4. The van der Waals surface area contributed by atoms with Crippen LogP contribution in [0.15, 0.2) is 0 Å². The van der Waals surface area contributed by atoms with Gasteiger partial charge >= 0.3 is 22.5 Å². The molecule has 0 aromatic rings. The summed E-state index contributed by atoms with van der Waals surface area (Å²) in [5.74, 6) is 0. The van der Waals surface area contributed by atoms with Gasteiger partial charge in [-0.3, -0.25) is 0 Å². The highest BCUT2D eigenvalue weighted by atomic mass is 35.6. The van der Waals surface area contributed by atoms with Crippen molar-refractivity contribution >= 4 is 92.1 Å². The number of urea groups is 2. The van der Waals surface area contributed by atoms with Gasteiger partial charge in [0, 0.05) is 13.1 Å². The van der Waals surface area contributed by atoms with Crippen molar-refractivity contribution in [2.75, 3.05) is 13.1 Å². The summed E-state index contributed by atoms with van der Waals surface area (Å²) in [7, 11) is -4.84. The SMILES string of the molecule is O=C1N2CC(CCC2C(Cl)(Cl)Cl)N1OS(=O)(=O)ON1C(=O)N2CC1CCC2C(Cl)(Cl)Cl. The van der Waals surface area contributed by atoms with Gasteiger partial charge in [-0.15, -0.1) is 8.57 Å². The fourth-order valence-corrected chi connectivity index (χ4v) is 6.50. The Kier molecular flexibility index (Phi) is 6.36. The van der Waals surface area contributed by atoms with Crippen molar-refractivity contribution in [3.8, 4) is 0 Å². The molecule has 4 aliphatic rings. The number of carbonyl (C=O) groups is 2. The highest BCUT2D eigenvalue weighted by Crippen LogP contribution is 2.44. The monoisotopic (exact) mass is 578 g/mol. The molecule has 4 bridgehead atoms. The first kappa shape index (κ1) is 24.3. The van der Waals surface area contributed by atoms with E-state index in [1.165, 1.54) is 9.80 Å². The summed E-state index contributed by atoms with van der Waals surface area (Å²) < 4.78 is 31.4. The summed E-state index contributed by atoms with van der Waals surface area (Å²) in [5.41, 5.74) is 0. The van der Waals surface area contributed by atoms with E-state index in [1.807, 2.05) is 0 Å². The van der Waals surface area contributed by atoms with E-state index >= 15 is 0 Å². The molecule has 176 valence electrons. The molecule has 0 spiro atoms. The van der Waals surface area contributed by atoms with Gasteiger partial charge in [-0.05, 0) is 25.7 Å². The lowest BCUT2D eigenvalue weighted by molar-refractivity contribution is -0.0841. The predicted octanol–water partition coefficient (Wildman–Crippen LogP) is 3.37. The van der Waals surface area contributed by atoms with Gasteiger partial charge in [-0.1, -0.05) is 69.6 Å². The zero-order valence-electron chi connectivity index (χ0n) is 15.5. The second kappa shape index (κ2) is 8.13. The summed E-state index contributed by atoms with van der Waals surface area (Å²) in [5, 5.41) is 1.34. The number of fused-ring (bicyclic) bond motifs is 4. The van der Waals surface area contributed by atoms with Crippen LogP contribution < -0.4 is 0 Å². The molecule has 31 heavy (non-hydrogen) atoms. The van der Waals surface area contributed by atoms with Gasteiger partial charge in [-0.25, -0.2) is 9.59 Å². The van der Waals surface area contributed by atoms with Gasteiger partial charge in [0.25, 0.3) is 0 Å². The van der Waals surface area contributed by atoms with Crippen LogP contribution in [0.1, 0.15) is 25.7 Å². The Balaban J connectivity index is 1.45. The lowest BCUT2D eigenvalue weighted by Gasteiger charge is -2.34. The normalized spacial score (nSPS) is 31.8. The maximum absolute atomic E-state index is 12.7. The Hall–Kier alpha value is 0.150. The first-order valence-electron chi connectivity index (χ1n) is 9.16. The first-order chi connectivity index (χ1) is 14.2. The molecule has 4 heterocycles. The molecular formula is C14H16Cl6N4O6S. The number of hydrogen-bond donors (Lipinski definition) is 0. The van der Waals surface area contributed by atoms with E-state index in [-0.39, 0.29) is 13.1 Å². The van der Waals surface area contributed by atoms with E-state index in [0.717, 1.165) is 0 Å². The number of hydroxylamine groups is 4. The second-order valence-corrected chi connectivity index (χ2v) is 13.5. The minimum atomic E-state index is -4.84. The van der Waals surface area contributed by atoms with Gasteiger partial charge in [0.1, 0.15) is 0 Å². The fourth-order valence-electron chi connectivity index (χ4n) is 4.35. The Morgan fingerprint density at radius 3 is 1.39 bits per heavy atom. The third-order valence-electron chi connectivity index (χ3n) is 5.74. The Morgan fingerprint density at radius 2 is 1.06 bits per heavy atom. The maximum atomic E-state index is 12.7. The zero-order chi connectivity index (χ0) is 22.9. The van der Waals surface area contributed by atoms with Crippen LogP contribution in [0.3, 0.4) is 0 Å². The summed E-state index contributed by atoms with van der Waals surface area (Å²) in [6.07, 6.45) is 1.38. The highest BCUT2D eigenvalue weighted by molar-refractivity contribution is 7.81. The molecule has 17 heteroatoms. The average molecular weight is 581 g/mol. The lowest BCUT2D eigenvalue weighted by atomic mass is 10.0. The molecule has 0 radical (unpaired) electrons. The molecule has 0 aromatic carbocycles. The summed E-state index contributed by atoms with van der Waals surface area (Å²) in [6.45, 7) is 0.244. The first-order valence-corrected chi connectivity index (χ1v) is 12.8. The van der Waals surface area contributed by atoms with Crippen LogP contribution in [-0.4, -0.2) is 85.2 Å². The van der Waals surface area contributed by atoms with Crippen LogP contribution in [0.4, 0.5) is 9.59 Å². The standard InChI is InChI=1S/C14H16Cl6N4O6S/c15-13(16,17)9-3-1-7-5-21(9)11(25)23(7)29-31(27,28)30-24-8-2-4-10(14(18,19)20)22(6-8)12(24)26/h7-10H,1-6H2. The third-order valence-corrected chi connectivity index (χ3v) is 7.94. The Bertz CT molecular complexity index is 818. The van der Waals surface area contributed by atoms with Gasteiger partial charge in [0.2, 0.25) is 7.59 Å². The molecule has 4 aliphatic heterocycles. The number of hydrogen-bond acceptors (Lipinski definition) is 6. The second-order valence-electron chi connectivity index (χ2n) is 7.66. The van der Waals surface area contributed by atoms with E-state index in [4.69, 9.17) is 78.2 Å². The largest absolute Gasteiger partial charge is 0.442 e. The minimum Gasteiger partial charge on any atom is -0.313 e. The van der Waals surface area contributed by atoms with E-state index < -0.39 is 54.2 Å². The molecule has 4 amide bonds. The average Bonchev–Trinajstić information content (AvgIpc) is 3.00. The van der Waals surface area contributed by atoms with Crippen LogP contribution in [-0.2, 0) is 19.0 Å². The molecule has 10 nitrogen and oxygen atoms in total. The molecule has 0 aliphatic carbocycles. The summed E-state index contributed by atoms with van der Waals surface area (Å²) >= 11 is 35.6. The lowest BCUT2D eigenvalue weighted by Crippen LogP contribution is -2.47. The molecule has 4 fully saturated rings. The van der Waals surface area contributed by atoms with Crippen molar-refractivity contribution in [2.45, 2.75) is 57.4 Å². The number of carbonyl (C=O) groups excluding carboxylic acids is 2. The zero-order valence-corrected chi connectivity index (χ0v) is 20.8. The number of halogens is 6. The highest BCUT2D eigenvalue weighted by Gasteiger charge is 2.55. The van der Waals surface area contributed by atoms with Crippen LogP contribution in [0.25, 0.3) is 0 Å². The van der Waals surface area contributed by atoms with Crippen LogP contribution >= 0.6 is 69.6 Å². The van der Waals surface area contributed by atoms with Crippen molar-refractivity contribution < 1.29 is 26.6 Å². The van der Waals surface area contributed by atoms with Crippen LogP contribution in [0, 0.1) is 0 Å². The molecule has 4 saturated heterocycles. The molecule has 0 saturated carbocycles. The Labute approximate surface area is 208 Å². The van der Waals surface area contributed by atoms with E-state index in [9.17, 15) is 18.0 Å². The quantitative estimate of drug-likeness (QED) is 0.473. The van der Waals surface area contributed by atoms with Crippen LogP contribution in [0.2, 0.25) is 0 Å². The smallest absolute Gasteiger partial charge is 0.313 e. The molecule has 0 aromatic heterocycles. The van der Waals surface area contributed by atoms with Gasteiger partial charge in [0.15, 0.2) is 0 Å². The van der Waals surface area contributed by atoms with Crippen molar-refractivity contribution in [1.82, 2.24) is 19.9 Å². The number of rotatable bonds is 4. The molecule has 4 rings (SSSR count). The van der Waals surface area contributed by atoms with Crippen LogP contribution in [0.5, 0.6) is 0 Å². The van der Waals surface area contributed by atoms with Gasteiger partial charge in [0.05, 0.1) is 24.2 Å². The van der Waals surface area contributed by atoms with Crippen molar-refractivity contribution in [2.24, 2.45) is 0 Å². The van der Waals surface area contributed by atoms with E-state index in [1.54, 1.807) is 0 Å². The fraction of sp³-hybridized carbons (Fsp3) is 0.857. The number of amides is 4. The van der Waals surface area contributed by atoms with Gasteiger partial charge < -0.3 is 9.80 Å².